The number of oxime groups is 2. The van der Waals surface area contributed by atoms with E-state index in [1.807, 2.05) is 0 Å². The fourth-order valence-corrected chi connectivity index (χ4v) is 0.742. The summed E-state index contributed by atoms with van der Waals surface area (Å²) in [6, 6.07) is 3.49. The van der Waals surface area contributed by atoms with Crippen LogP contribution < -0.4 is 0 Å². The van der Waals surface area contributed by atoms with Gasteiger partial charge in [0, 0.05) is 11.8 Å². The molecule has 0 aromatic carbocycles. The second-order valence-electron chi connectivity index (χ2n) is 2.18. The van der Waals surface area contributed by atoms with E-state index < -0.39 is 0 Å². The van der Waals surface area contributed by atoms with Gasteiger partial charge >= 0.3 is 0 Å². The SMILES string of the molecule is CO/N=C/c1ccc(/C=N/O)nc1. The van der Waals surface area contributed by atoms with E-state index >= 15 is 0 Å². The Morgan fingerprint density at radius 1 is 1.46 bits per heavy atom. The van der Waals surface area contributed by atoms with Crippen LogP contribution in [0.15, 0.2) is 28.6 Å². The van der Waals surface area contributed by atoms with E-state index in [2.05, 4.69) is 20.1 Å². The number of aromatic nitrogens is 1. The summed E-state index contributed by atoms with van der Waals surface area (Å²) in [4.78, 5) is 8.46. The molecule has 5 heteroatoms. The molecule has 13 heavy (non-hydrogen) atoms. The second kappa shape index (κ2) is 4.87. The van der Waals surface area contributed by atoms with Gasteiger partial charge in [0.2, 0.25) is 0 Å². The third-order valence-corrected chi connectivity index (χ3v) is 1.31. The predicted octanol–water partition coefficient (Wildman–Crippen LogP) is 0.870. The minimum absolute atomic E-state index is 0.581. The van der Waals surface area contributed by atoms with E-state index in [-0.39, 0.29) is 0 Å². The Bertz CT molecular complexity index is 306. The summed E-state index contributed by atoms with van der Waals surface area (Å²) in [5, 5.41) is 14.6. The van der Waals surface area contributed by atoms with Crippen LogP contribution in [0.25, 0.3) is 0 Å². The van der Waals surface area contributed by atoms with Crippen molar-refractivity contribution in [2.45, 2.75) is 0 Å². The molecule has 0 spiro atoms. The van der Waals surface area contributed by atoms with Crippen molar-refractivity contribution in [1.29, 1.82) is 0 Å². The molecule has 0 saturated carbocycles. The lowest BCUT2D eigenvalue weighted by Gasteiger charge is -1.92. The molecule has 1 heterocycles. The molecule has 1 N–H and O–H groups in total. The average Bonchev–Trinajstić information content (AvgIpc) is 2.17. The van der Waals surface area contributed by atoms with E-state index in [1.54, 1.807) is 18.3 Å². The number of rotatable bonds is 3. The molecule has 0 amide bonds. The van der Waals surface area contributed by atoms with Crippen LogP contribution in [0.3, 0.4) is 0 Å². The van der Waals surface area contributed by atoms with Gasteiger partial charge in [-0.05, 0) is 12.1 Å². The first kappa shape index (κ1) is 9.18. The van der Waals surface area contributed by atoms with Gasteiger partial charge in [-0.3, -0.25) is 4.98 Å². The molecule has 0 bridgehead atoms. The second-order valence-corrected chi connectivity index (χ2v) is 2.18. The van der Waals surface area contributed by atoms with Gasteiger partial charge in [-0.15, -0.1) is 0 Å². The summed E-state index contributed by atoms with van der Waals surface area (Å²) in [5.74, 6) is 0. The molecule has 5 nitrogen and oxygen atoms in total. The lowest BCUT2D eigenvalue weighted by molar-refractivity contribution is 0.215. The molecule has 0 atom stereocenters. The van der Waals surface area contributed by atoms with Gasteiger partial charge in [0.15, 0.2) is 0 Å². The van der Waals surface area contributed by atoms with Crippen LogP contribution in [0.4, 0.5) is 0 Å². The first-order valence-electron chi connectivity index (χ1n) is 3.57. The normalized spacial score (nSPS) is 11.2. The molecule has 1 aromatic rings. The third-order valence-electron chi connectivity index (χ3n) is 1.31. The summed E-state index contributed by atoms with van der Waals surface area (Å²) in [6.07, 6.45) is 4.38. The minimum atomic E-state index is 0.581. The monoisotopic (exact) mass is 179 g/mol. The first-order valence-corrected chi connectivity index (χ1v) is 3.57. The standard InChI is InChI=1S/C8H9N3O2/c1-13-11-5-7-2-3-8(6-10-12)9-4-7/h2-6,12H,1H3/b10-6+,11-5+. The maximum absolute atomic E-state index is 8.21. The highest BCUT2D eigenvalue weighted by Gasteiger charge is 1.90. The lowest BCUT2D eigenvalue weighted by Crippen LogP contribution is -1.89. The van der Waals surface area contributed by atoms with Gasteiger partial charge in [0.25, 0.3) is 0 Å². The zero-order chi connectivity index (χ0) is 9.52. The quantitative estimate of drug-likeness (QED) is 0.425. The Morgan fingerprint density at radius 2 is 2.31 bits per heavy atom. The van der Waals surface area contributed by atoms with Crippen LogP contribution >= 0.6 is 0 Å². The summed E-state index contributed by atoms with van der Waals surface area (Å²) in [6.45, 7) is 0. The fourth-order valence-electron chi connectivity index (χ4n) is 0.742. The van der Waals surface area contributed by atoms with Gasteiger partial charge < -0.3 is 10.0 Å². The Labute approximate surface area is 75.4 Å². The zero-order valence-corrected chi connectivity index (χ0v) is 7.08. The van der Waals surface area contributed by atoms with E-state index in [1.165, 1.54) is 19.5 Å². The van der Waals surface area contributed by atoms with E-state index in [0.29, 0.717) is 5.69 Å². The molecule has 1 aromatic heterocycles. The largest absolute Gasteiger partial charge is 0.411 e. The Kier molecular flexibility index (Phi) is 3.44. The van der Waals surface area contributed by atoms with Crippen molar-refractivity contribution < 1.29 is 10.0 Å². The molecule has 0 saturated heterocycles. The first-order chi connectivity index (χ1) is 6.36. The summed E-state index contributed by atoms with van der Waals surface area (Å²) in [7, 11) is 1.47. The van der Waals surface area contributed by atoms with E-state index in [0.717, 1.165) is 5.56 Å². The molecule has 68 valence electrons. The molecule has 0 unspecified atom stereocenters. The van der Waals surface area contributed by atoms with Gasteiger partial charge in [0.1, 0.15) is 7.11 Å². The van der Waals surface area contributed by atoms with Crippen LogP contribution in [-0.2, 0) is 4.84 Å². The molecule has 0 aliphatic heterocycles. The lowest BCUT2D eigenvalue weighted by atomic mass is 10.3. The van der Waals surface area contributed by atoms with Crippen LogP contribution in [-0.4, -0.2) is 29.7 Å². The Morgan fingerprint density at radius 3 is 2.85 bits per heavy atom. The van der Waals surface area contributed by atoms with Crippen molar-refractivity contribution in [2.75, 3.05) is 7.11 Å². The van der Waals surface area contributed by atoms with Crippen molar-refractivity contribution in [2.24, 2.45) is 10.3 Å². The van der Waals surface area contributed by atoms with Gasteiger partial charge in [0.05, 0.1) is 18.1 Å². The van der Waals surface area contributed by atoms with Crippen molar-refractivity contribution in [1.82, 2.24) is 4.98 Å². The molecule has 0 aliphatic rings. The summed E-state index contributed by atoms with van der Waals surface area (Å²) >= 11 is 0. The van der Waals surface area contributed by atoms with Gasteiger partial charge in [-0.2, -0.15) is 0 Å². The summed E-state index contributed by atoms with van der Waals surface area (Å²) < 4.78 is 0. The third kappa shape index (κ3) is 2.90. The van der Waals surface area contributed by atoms with Crippen molar-refractivity contribution >= 4 is 12.4 Å². The topological polar surface area (TPSA) is 67.1 Å². The van der Waals surface area contributed by atoms with E-state index in [9.17, 15) is 0 Å². The number of pyridine rings is 1. The summed E-state index contributed by atoms with van der Waals surface area (Å²) in [5.41, 5.74) is 1.40. The fraction of sp³-hybridized carbons (Fsp3) is 0.125. The van der Waals surface area contributed by atoms with Crippen LogP contribution in [0.1, 0.15) is 11.3 Å². The smallest absolute Gasteiger partial charge is 0.106 e. The molecule has 0 radical (unpaired) electrons. The average molecular weight is 179 g/mol. The number of hydrogen-bond acceptors (Lipinski definition) is 5. The van der Waals surface area contributed by atoms with Gasteiger partial charge in [-0.25, -0.2) is 0 Å². The van der Waals surface area contributed by atoms with E-state index in [4.69, 9.17) is 5.21 Å². The maximum Gasteiger partial charge on any atom is 0.106 e. The molecular weight excluding hydrogens is 170 g/mol. The Hall–Kier alpha value is -1.91. The highest BCUT2D eigenvalue weighted by atomic mass is 16.6. The van der Waals surface area contributed by atoms with Crippen molar-refractivity contribution in [3.05, 3.63) is 29.6 Å². The number of hydrogen-bond donors (Lipinski definition) is 1. The van der Waals surface area contributed by atoms with Crippen LogP contribution in [0.5, 0.6) is 0 Å². The Balaban J connectivity index is 2.75. The highest BCUT2D eigenvalue weighted by molar-refractivity contribution is 5.81. The van der Waals surface area contributed by atoms with Crippen molar-refractivity contribution in [3.8, 4) is 0 Å². The molecular formula is C8H9N3O2. The highest BCUT2D eigenvalue weighted by Crippen LogP contribution is 1.95. The van der Waals surface area contributed by atoms with Crippen LogP contribution in [0, 0.1) is 0 Å². The zero-order valence-electron chi connectivity index (χ0n) is 7.08. The maximum atomic E-state index is 8.21. The van der Waals surface area contributed by atoms with Crippen molar-refractivity contribution in [3.63, 3.8) is 0 Å². The number of nitrogens with zero attached hydrogens (tertiary/aromatic N) is 3. The molecule has 0 aliphatic carbocycles. The minimum Gasteiger partial charge on any atom is -0.411 e. The van der Waals surface area contributed by atoms with Gasteiger partial charge in [-0.1, -0.05) is 10.3 Å². The predicted molar refractivity (Wildman–Crippen MR) is 48.2 cm³/mol. The molecule has 1 rings (SSSR count). The van der Waals surface area contributed by atoms with Crippen LogP contribution in [0.2, 0.25) is 0 Å². The molecule has 0 fully saturated rings.